The summed E-state index contributed by atoms with van der Waals surface area (Å²) in [6.45, 7) is 1.53. The van der Waals surface area contributed by atoms with Gasteiger partial charge in [0.25, 0.3) is 0 Å². The van der Waals surface area contributed by atoms with Gasteiger partial charge in [0.1, 0.15) is 0 Å². The molecule has 0 amide bonds. The van der Waals surface area contributed by atoms with Gasteiger partial charge in [0.2, 0.25) is 0 Å². The van der Waals surface area contributed by atoms with Crippen LogP contribution in [0.15, 0.2) is 11.6 Å². The van der Waals surface area contributed by atoms with Crippen molar-refractivity contribution >= 4 is 37.1 Å². The van der Waals surface area contributed by atoms with Crippen LogP contribution in [0.1, 0.15) is 6.92 Å². The zero-order chi connectivity index (χ0) is 7.56. The van der Waals surface area contributed by atoms with E-state index in [1.165, 1.54) is 6.92 Å². The van der Waals surface area contributed by atoms with Crippen molar-refractivity contribution in [1.29, 1.82) is 0 Å². The Morgan fingerprint density at radius 2 is 2.10 bits per heavy atom. The third-order valence-corrected chi connectivity index (χ3v) is 3.46. The Morgan fingerprint density at radius 3 is 2.80 bits per heavy atom. The summed E-state index contributed by atoms with van der Waals surface area (Å²) >= 11 is -1.96. The van der Waals surface area contributed by atoms with Gasteiger partial charge >= 0.3 is 70.6 Å². The van der Waals surface area contributed by atoms with Gasteiger partial charge in [-0.2, -0.15) is 0 Å². The minimum atomic E-state index is -1.96. The van der Waals surface area contributed by atoms with E-state index in [0.717, 1.165) is 6.08 Å². The van der Waals surface area contributed by atoms with Crippen LogP contribution >= 0.6 is 0 Å². The molecule has 1 heterocycles. The van der Waals surface area contributed by atoms with Crippen LogP contribution in [0.5, 0.6) is 0 Å². The number of hydrogen-bond acceptors (Lipinski definition) is 4. The molecule has 0 saturated heterocycles. The molecule has 1 rings (SSSR count). The fraction of sp³-hybridized carbons (Fsp3) is 0.200. The summed E-state index contributed by atoms with van der Waals surface area (Å²) in [5, 5.41) is 0. The summed E-state index contributed by atoms with van der Waals surface area (Å²) in [5.74, 6) is -0.862. The summed E-state index contributed by atoms with van der Waals surface area (Å²) in [7, 11) is 0. The quantitative estimate of drug-likeness (QED) is 0.565. The van der Waals surface area contributed by atoms with Gasteiger partial charge in [0, 0.05) is 0 Å². The van der Waals surface area contributed by atoms with Gasteiger partial charge < -0.3 is 0 Å². The topological polar surface area (TPSA) is 52.6 Å². The Morgan fingerprint density at radius 1 is 1.40 bits per heavy atom. The average Bonchev–Trinajstić information content (AvgIpc) is 1.96. The van der Waals surface area contributed by atoms with Crippen molar-refractivity contribution in [2.24, 2.45) is 0 Å². The van der Waals surface area contributed by atoms with Gasteiger partial charge in [-0.15, -0.1) is 0 Å². The molecule has 0 aromatic carbocycles. The van der Waals surface area contributed by atoms with Crippen LogP contribution in [0.4, 0.5) is 0 Å². The molecule has 0 radical (unpaired) electrons. The molecule has 5 heteroatoms. The molecule has 1 aliphatic heterocycles. The van der Waals surface area contributed by atoms with Crippen molar-refractivity contribution in [2.45, 2.75) is 6.92 Å². The molecule has 0 spiro atoms. The molecule has 0 aliphatic carbocycles. The summed E-state index contributed by atoms with van der Waals surface area (Å²) in [6.07, 6.45) is 1.16. The van der Waals surface area contributed by atoms with Crippen LogP contribution in [0.25, 0.3) is 0 Å². The summed E-state index contributed by atoms with van der Waals surface area (Å²) in [4.78, 5) is 21.2. The SMILES string of the molecule is CC1=CC(=O)[O][Tl][O]C1=O. The maximum atomic E-state index is 10.7. The zero-order valence-electron chi connectivity index (χ0n) is 5.29. The van der Waals surface area contributed by atoms with Crippen molar-refractivity contribution in [3.8, 4) is 0 Å². The molecule has 0 bridgehead atoms. The Kier molecular flexibility index (Phi) is 2.41. The number of hydrogen-bond donors (Lipinski definition) is 0. The first-order valence-corrected chi connectivity index (χ1v) is 6.28. The first-order chi connectivity index (χ1) is 4.70. The molecule has 0 N–H and O–H groups in total. The standard InChI is InChI=1S/C5H6O4.Tl/c1-3(5(8)9)2-4(6)7;/h2H,1H3,(H,6,7)(H,8,9);/q;+2/p-2. The maximum absolute atomic E-state index is 10.7. The van der Waals surface area contributed by atoms with Crippen molar-refractivity contribution in [1.82, 2.24) is 0 Å². The van der Waals surface area contributed by atoms with Gasteiger partial charge in [-0.1, -0.05) is 0 Å². The zero-order valence-corrected chi connectivity index (χ0v) is 9.78. The van der Waals surface area contributed by atoms with Gasteiger partial charge in [0.15, 0.2) is 0 Å². The van der Waals surface area contributed by atoms with E-state index in [1.807, 2.05) is 0 Å². The summed E-state index contributed by atoms with van der Waals surface area (Å²) < 4.78 is 9.24. The van der Waals surface area contributed by atoms with E-state index in [1.54, 1.807) is 0 Å². The third kappa shape index (κ3) is 1.79. The predicted octanol–water partition coefficient (Wildman–Crippen LogP) is -0.433. The Bertz CT molecular complexity index is 208. The molecule has 0 atom stereocenters. The summed E-state index contributed by atoms with van der Waals surface area (Å²) in [5.41, 5.74) is 0.318. The van der Waals surface area contributed by atoms with E-state index in [-0.39, 0.29) is 0 Å². The Balaban J connectivity index is 2.80. The average molecular weight is 332 g/mol. The van der Waals surface area contributed by atoms with Crippen LogP contribution in [-0.2, 0) is 15.0 Å². The first-order valence-electron chi connectivity index (χ1n) is 2.62. The predicted molar refractivity (Wildman–Crippen MR) is 31.7 cm³/mol. The van der Waals surface area contributed by atoms with Crippen LogP contribution in [-0.4, -0.2) is 37.1 Å². The Hall–Kier alpha value is -0.398. The van der Waals surface area contributed by atoms with Crippen LogP contribution in [0.3, 0.4) is 0 Å². The molecule has 0 aromatic heterocycles. The molecule has 1 aliphatic rings. The van der Waals surface area contributed by atoms with Crippen molar-refractivity contribution in [3.63, 3.8) is 0 Å². The molecular weight excluding hydrogens is 328 g/mol. The second kappa shape index (κ2) is 3.13. The van der Waals surface area contributed by atoms with E-state index < -0.39 is 37.1 Å². The van der Waals surface area contributed by atoms with Gasteiger partial charge in [-0.3, -0.25) is 0 Å². The normalized spacial score (nSPS) is 17.1. The molecule has 0 unspecified atom stereocenters. The van der Waals surface area contributed by atoms with E-state index in [4.69, 9.17) is 0 Å². The van der Waals surface area contributed by atoms with E-state index in [2.05, 4.69) is 5.37 Å². The fourth-order valence-electron chi connectivity index (χ4n) is 0.478. The van der Waals surface area contributed by atoms with Gasteiger partial charge in [-0.25, -0.2) is 0 Å². The van der Waals surface area contributed by atoms with Crippen molar-refractivity contribution in [2.75, 3.05) is 0 Å². The molecular formula is C5H4O4Tl. The van der Waals surface area contributed by atoms with Crippen molar-refractivity contribution in [3.05, 3.63) is 11.6 Å². The molecule has 0 fully saturated rings. The number of carbonyl (C=O) groups excluding carboxylic acids is 2. The number of rotatable bonds is 0. The van der Waals surface area contributed by atoms with Gasteiger partial charge in [-0.05, 0) is 0 Å². The van der Waals surface area contributed by atoms with Crippen molar-refractivity contribution < 1.29 is 15.0 Å². The molecule has 4 nitrogen and oxygen atoms in total. The molecule has 10 heavy (non-hydrogen) atoms. The third-order valence-electron chi connectivity index (χ3n) is 0.976. The molecule has 0 saturated carbocycles. The monoisotopic (exact) mass is 333 g/mol. The van der Waals surface area contributed by atoms with E-state index in [0.29, 0.717) is 5.57 Å². The Labute approximate surface area is 70.7 Å². The van der Waals surface area contributed by atoms with Crippen LogP contribution in [0.2, 0.25) is 0 Å². The fourth-order valence-corrected chi connectivity index (χ4v) is 2.36. The van der Waals surface area contributed by atoms with Gasteiger partial charge in [0.05, 0.1) is 0 Å². The second-order valence-electron chi connectivity index (χ2n) is 1.77. The summed E-state index contributed by atoms with van der Waals surface area (Å²) in [6, 6.07) is 0. The first kappa shape index (κ1) is 7.71. The van der Waals surface area contributed by atoms with Crippen LogP contribution in [0, 0.1) is 0 Å². The second-order valence-corrected chi connectivity index (χ2v) is 4.35. The molecule has 0 aromatic rings. The van der Waals surface area contributed by atoms with Crippen LogP contribution < -0.4 is 0 Å². The minimum absolute atomic E-state index is 0.318. The number of carbonyl (C=O) groups is 2. The van der Waals surface area contributed by atoms with E-state index in [9.17, 15) is 9.59 Å². The molecule has 51 valence electrons. The van der Waals surface area contributed by atoms with E-state index >= 15 is 0 Å².